The number of hydrogen-bond acceptors (Lipinski definition) is 5. The molecule has 1 unspecified atom stereocenters. The van der Waals surface area contributed by atoms with Gasteiger partial charge in [0.2, 0.25) is 5.91 Å². The highest BCUT2D eigenvalue weighted by Gasteiger charge is 2.35. The number of amides is 1. The van der Waals surface area contributed by atoms with Gasteiger partial charge in [-0.05, 0) is 50.1 Å². The van der Waals surface area contributed by atoms with Gasteiger partial charge in [-0.25, -0.2) is 4.98 Å². The molecule has 1 atom stereocenters. The summed E-state index contributed by atoms with van der Waals surface area (Å²) in [5, 5.41) is 4.20. The van der Waals surface area contributed by atoms with Gasteiger partial charge < -0.3 is 10.2 Å². The number of carbonyl (C=O) groups is 1. The molecular formula is C19H24N4O2S. The average molecular weight is 372 g/mol. The van der Waals surface area contributed by atoms with Crippen molar-refractivity contribution in [3.63, 3.8) is 0 Å². The minimum atomic E-state index is 0.0973. The van der Waals surface area contributed by atoms with Gasteiger partial charge in [0.15, 0.2) is 0 Å². The Hall–Kier alpha value is -1.73. The lowest BCUT2D eigenvalue weighted by atomic mass is 9.97. The second-order valence-corrected chi connectivity index (χ2v) is 8.96. The van der Waals surface area contributed by atoms with Crippen LogP contribution in [-0.4, -0.2) is 40.0 Å². The molecule has 1 amide bonds. The van der Waals surface area contributed by atoms with E-state index in [9.17, 15) is 9.59 Å². The Balaban J connectivity index is 1.39. The minimum absolute atomic E-state index is 0.0973. The van der Waals surface area contributed by atoms with E-state index in [4.69, 9.17) is 0 Å². The molecule has 6 nitrogen and oxygen atoms in total. The second-order valence-electron chi connectivity index (χ2n) is 7.88. The number of rotatable bonds is 3. The number of piperidine rings is 1. The van der Waals surface area contributed by atoms with Gasteiger partial charge in [0, 0.05) is 37.0 Å². The lowest BCUT2D eigenvalue weighted by Crippen LogP contribution is -2.42. The molecule has 0 aromatic carbocycles. The zero-order valence-electron chi connectivity index (χ0n) is 14.9. The van der Waals surface area contributed by atoms with Gasteiger partial charge in [0.25, 0.3) is 5.56 Å². The molecule has 4 heterocycles. The Morgan fingerprint density at radius 3 is 3.08 bits per heavy atom. The van der Waals surface area contributed by atoms with Crippen molar-refractivity contribution in [3.05, 3.63) is 27.1 Å². The Bertz CT molecular complexity index is 914. The highest BCUT2D eigenvalue weighted by molar-refractivity contribution is 7.18. The van der Waals surface area contributed by atoms with Crippen molar-refractivity contribution >= 4 is 27.5 Å². The van der Waals surface area contributed by atoms with Crippen LogP contribution in [0.15, 0.2) is 11.1 Å². The summed E-state index contributed by atoms with van der Waals surface area (Å²) in [6, 6.07) is 0. The number of likely N-dealkylation sites (tertiary alicyclic amines) is 1. The lowest BCUT2D eigenvalue weighted by molar-refractivity contribution is -0.134. The summed E-state index contributed by atoms with van der Waals surface area (Å²) in [5.41, 5.74) is 1.30. The van der Waals surface area contributed by atoms with E-state index in [1.807, 2.05) is 4.90 Å². The van der Waals surface area contributed by atoms with Gasteiger partial charge in [0.1, 0.15) is 4.83 Å². The van der Waals surface area contributed by atoms with Crippen LogP contribution in [0.25, 0.3) is 10.2 Å². The summed E-state index contributed by atoms with van der Waals surface area (Å²) in [6.07, 6.45) is 6.83. The zero-order valence-corrected chi connectivity index (χ0v) is 15.7. The normalized spacial score (nSPS) is 23.2. The van der Waals surface area contributed by atoms with Gasteiger partial charge in [-0.3, -0.25) is 14.2 Å². The molecule has 2 fully saturated rings. The van der Waals surface area contributed by atoms with Crippen LogP contribution in [0.2, 0.25) is 0 Å². The highest BCUT2D eigenvalue weighted by Crippen LogP contribution is 2.33. The predicted octanol–water partition coefficient (Wildman–Crippen LogP) is 1.75. The molecule has 0 bridgehead atoms. The topological polar surface area (TPSA) is 67.2 Å². The molecule has 5 rings (SSSR count). The maximum Gasteiger partial charge on any atom is 0.262 e. The monoisotopic (exact) mass is 372 g/mol. The molecule has 1 aliphatic carbocycles. The number of thiophene rings is 1. The molecule has 0 spiro atoms. The highest BCUT2D eigenvalue weighted by atomic mass is 32.1. The SMILES string of the molecule is O=C(C1CC1)N1CCCC(Cn2cnc3sc4c(c3c2=O)CCNC4)C1. The standard InChI is InChI=1S/C19H24N4O2S/c24-18(13-3-4-13)22-7-1-2-12(9-22)10-23-11-21-17-16(19(23)25)14-5-6-20-8-15(14)26-17/h11-13,20H,1-10H2. The molecule has 2 aromatic rings. The molecule has 1 saturated carbocycles. The van der Waals surface area contributed by atoms with E-state index in [-0.39, 0.29) is 11.5 Å². The summed E-state index contributed by atoms with van der Waals surface area (Å²) in [6.45, 7) is 4.10. The van der Waals surface area contributed by atoms with Crippen LogP contribution < -0.4 is 10.9 Å². The van der Waals surface area contributed by atoms with E-state index in [1.54, 1.807) is 22.2 Å². The maximum atomic E-state index is 13.1. The van der Waals surface area contributed by atoms with Gasteiger partial charge in [-0.1, -0.05) is 0 Å². The molecule has 7 heteroatoms. The number of nitrogens with zero attached hydrogens (tertiary/aromatic N) is 3. The Labute approximate surface area is 156 Å². The molecule has 3 aliphatic rings. The molecule has 1 saturated heterocycles. The number of aromatic nitrogens is 2. The largest absolute Gasteiger partial charge is 0.342 e. The first-order valence-corrected chi connectivity index (χ1v) is 10.5. The van der Waals surface area contributed by atoms with Crippen molar-refractivity contribution in [2.75, 3.05) is 19.6 Å². The molecule has 0 radical (unpaired) electrons. The zero-order chi connectivity index (χ0) is 17.7. The molecule has 2 aromatic heterocycles. The molecule has 2 aliphatic heterocycles. The van der Waals surface area contributed by atoms with Crippen molar-refractivity contribution in [1.29, 1.82) is 0 Å². The van der Waals surface area contributed by atoms with Gasteiger partial charge in [-0.2, -0.15) is 0 Å². The van der Waals surface area contributed by atoms with Crippen LogP contribution in [-0.2, 0) is 24.3 Å². The Morgan fingerprint density at radius 2 is 2.23 bits per heavy atom. The Morgan fingerprint density at radius 1 is 1.35 bits per heavy atom. The smallest absolute Gasteiger partial charge is 0.262 e. The number of nitrogens with one attached hydrogen (secondary N) is 1. The fourth-order valence-electron chi connectivity index (χ4n) is 4.36. The van der Waals surface area contributed by atoms with Crippen LogP contribution in [0, 0.1) is 11.8 Å². The van der Waals surface area contributed by atoms with Crippen molar-refractivity contribution in [3.8, 4) is 0 Å². The molecular weight excluding hydrogens is 348 g/mol. The Kier molecular flexibility index (Phi) is 4.09. The fourth-order valence-corrected chi connectivity index (χ4v) is 5.51. The van der Waals surface area contributed by atoms with Crippen molar-refractivity contribution in [1.82, 2.24) is 19.8 Å². The van der Waals surface area contributed by atoms with Gasteiger partial charge >= 0.3 is 0 Å². The number of fused-ring (bicyclic) bond motifs is 3. The van der Waals surface area contributed by atoms with Crippen molar-refractivity contribution in [2.45, 2.75) is 45.2 Å². The second kappa shape index (κ2) is 6.46. The summed E-state index contributed by atoms with van der Waals surface area (Å²) in [5.74, 6) is 0.954. The first-order chi connectivity index (χ1) is 12.7. The number of carbonyl (C=O) groups excluding carboxylic acids is 1. The van der Waals surface area contributed by atoms with Crippen LogP contribution in [0.3, 0.4) is 0 Å². The summed E-state index contributed by atoms with van der Waals surface area (Å²) >= 11 is 1.64. The van der Waals surface area contributed by atoms with E-state index in [0.717, 1.165) is 68.5 Å². The van der Waals surface area contributed by atoms with E-state index >= 15 is 0 Å². The van der Waals surface area contributed by atoms with E-state index in [2.05, 4.69) is 10.3 Å². The van der Waals surface area contributed by atoms with E-state index < -0.39 is 0 Å². The fraction of sp³-hybridized carbons (Fsp3) is 0.632. The van der Waals surface area contributed by atoms with Crippen LogP contribution in [0.4, 0.5) is 0 Å². The third-order valence-corrected chi connectivity index (χ3v) is 7.05. The van der Waals surface area contributed by atoms with Crippen LogP contribution >= 0.6 is 11.3 Å². The van der Waals surface area contributed by atoms with Crippen LogP contribution in [0.1, 0.15) is 36.1 Å². The molecule has 26 heavy (non-hydrogen) atoms. The average Bonchev–Trinajstić information content (AvgIpc) is 3.44. The molecule has 1 N–H and O–H groups in total. The first kappa shape index (κ1) is 16.4. The quantitative estimate of drug-likeness (QED) is 0.891. The van der Waals surface area contributed by atoms with Crippen LogP contribution in [0.5, 0.6) is 0 Å². The van der Waals surface area contributed by atoms with Gasteiger partial charge in [-0.15, -0.1) is 11.3 Å². The minimum Gasteiger partial charge on any atom is -0.342 e. The summed E-state index contributed by atoms with van der Waals surface area (Å²) in [4.78, 5) is 34.2. The third kappa shape index (κ3) is 2.87. The van der Waals surface area contributed by atoms with Crippen molar-refractivity contribution in [2.24, 2.45) is 11.8 Å². The number of hydrogen-bond donors (Lipinski definition) is 1. The lowest BCUT2D eigenvalue weighted by Gasteiger charge is -2.33. The molecule has 138 valence electrons. The summed E-state index contributed by atoms with van der Waals surface area (Å²) < 4.78 is 1.78. The predicted molar refractivity (Wildman–Crippen MR) is 101 cm³/mol. The van der Waals surface area contributed by atoms with E-state index in [0.29, 0.717) is 18.4 Å². The van der Waals surface area contributed by atoms with E-state index in [1.165, 1.54) is 10.4 Å². The maximum absolute atomic E-state index is 13.1. The van der Waals surface area contributed by atoms with Gasteiger partial charge in [0.05, 0.1) is 11.7 Å². The third-order valence-electron chi connectivity index (χ3n) is 5.91. The first-order valence-electron chi connectivity index (χ1n) is 9.70. The van der Waals surface area contributed by atoms with Crippen molar-refractivity contribution < 1.29 is 4.79 Å². The summed E-state index contributed by atoms with van der Waals surface area (Å²) in [7, 11) is 0.